The quantitative estimate of drug-likeness (QED) is 0.654. The Morgan fingerprint density at radius 1 is 1.24 bits per heavy atom. The highest BCUT2D eigenvalue weighted by atomic mass is 14.2. The first-order chi connectivity index (χ1) is 7.84. The van der Waals surface area contributed by atoms with Gasteiger partial charge in [-0.1, -0.05) is 45.9 Å². The molecule has 0 radical (unpaired) electrons. The molecule has 0 amide bonds. The zero-order valence-corrected chi connectivity index (χ0v) is 12.0. The Balaban J connectivity index is 3.02. The Hall–Kier alpha value is -1.22. The topological polar surface area (TPSA) is 0 Å². The molecule has 1 aromatic rings. The molecule has 0 nitrogen and oxygen atoms in total. The largest absolute Gasteiger partial charge is 0.106 e. The first-order valence-electron chi connectivity index (χ1n) is 6.37. The lowest BCUT2D eigenvalue weighted by Crippen LogP contribution is -2.12. The lowest BCUT2D eigenvalue weighted by molar-refractivity contribution is 0.588. The van der Waals surface area contributed by atoms with Crippen LogP contribution in [0.5, 0.6) is 0 Å². The molecule has 1 aromatic carbocycles. The number of hydrogen-bond acceptors (Lipinski definition) is 0. The van der Waals surface area contributed by atoms with Crippen molar-refractivity contribution in [2.24, 2.45) is 5.92 Å². The van der Waals surface area contributed by atoms with Crippen LogP contribution in [-0.4, -0.2) is 0 Å². The summed E-state index contributed by atoms with van der Waals surface area (Å²) in [5.41, 5.74) is 4.45. The van der Waals surface area contributed by atoms with Gasteiger partial charge < -0.3 is 0 Å². The molecular weight excluding hydrogens is 204 g/mol. The fraction of sp³-hybridized carbons (Fsp3) is 0.529. The molecule has 0 heteroatoms. The van der Waals surface area contributed by atoms with E-state index in [4.69, 9.17) is 0 Å². The van der Waals surface area contributed by atoms with Gasteiger partial charge in [0, 0.05) is 5.92 Å². The molecule has 17 heavy (non-hydrogen) atoms. The van der Waals surface area contributed by atoms with Crippen LogP contribution < -0.4 is 0 Å². The number of aryl methyl sites for hydroxylation is 1. The van der Waals surface area contributed by atoms with Crippen LogP contribution in [0.3, 0.4) is 0 Å². The van der Waals surface area contributed by atoms with Crippen molar-refractivity contribution in [1.82, 2.24) is 0 Å². The van der Waals surface area contributed by atoms with E-state index in [-0.39, 0.29) is 5.41 Å². The van der Waals surface area contributed by atoms with E-state index in [2.05, 4.69) is 64.7 Å². The SMILES string of the molecule is CC#CC(C)Cc1cc(C(C)(C)C)ccc1C. The van der Waals surface area contributed by atoms with E-state index in [9.17, 15) is 0 Å². The predicted molar refractivity (Wildman–Crippen MR) is 76.2 cm³/mol. The van der Waals surface area contributed by atoms with Crippen molar-refractivity contribution in [3.63, 3.8) is 0 Å². The van der Waals surface area contributed by atoms with Crippen LogP contribution in [0.4, 0.5) is 0 Å². The van der Waals surface area contributed by atoms with Crippen molar-refractivity contribution in [3.05, 3.63) is 34.9 Å². The summed E-state index contributed by atoms with van der Waals surface area (Å²) in [6, 6.07) is 6.83. The molecule has 0 heterocycles. The average molecular weight is 228 g/mol. The summed E-state index contributed by atoms with van der Waals surface area (Å²) in [5, 5.41) is 0. The number of rotatable bonds is 2. The fourth-order valence-corrected chi connectivity index (χ4v) is 1.99. The van der Waals surface area contributed by atoms with Crippen LogP contribution in [0.15, 0.2) is 18.2 Å². The minimum absolute atomic E-state index is 0.224. The van der Waals surface area contributed by atoms with Crippen LogP contribution >= 0.6 is 0 Å². The highest BCUT2D eigenvalue weighted by molar-refractivity contribution is 5.35. The third kappa shape index (κ3) is 3.93. The molecule has 1 rings (SSSR count). The average Bonchev–Trinajstić information content (AvgIpc) is 2.20. The molecule has 0 N–H and O–H groups in total. The second-order valence-electron chi connectivity index (χ2n) is 5.89. The maximum absolute atomic E-state index is 3.23. The second-order valence-corrected chi connectivity index (χ2v) is 5.89. The molecule has 0 saturated heterocycles. The molecular formula is C17H24. The molecule has 1 unspecified atom stereocenters. The minimum Gasteiger partial charge on any atom is -0.106 e. The molecule has 0 fully saturated rings. The Morgan fingerprint density at radius 2 is 1.88 bits per heavy atom. The van der Waals surface area contributed by atoms with E-state index in [1.54, 1.807) is 0 Å². The molecule has 92 valence electrons. The molecule has 0 aliphatic carbocycles. The van der Waals surface area contributed by atoms with Gasteiger partial charge in [0.15, 0.2) is 0 Å². The molecule has 0 saturated carbocycles. The highest BCUT2D eigenvalue weighted by Crippen LogP contribution is 2.25. The zero-order chi connectivity index (χ0) is 13.1. The van der Waals surface area contributed by atoms with E-state index in [1.807, 2.05) is 6.92 Å². The van der Waals surface area contributed by atoms with E-state index in [0.29, 0.717) is 5.92 Å². The summed E-state index contributed by atoms with van der Waals surface area (Å²) in [4.78, 5) is 0. The van der Waals surface area contributed by atoms with Crippen LogP contribution in [0.1, 0.15) is 51.3 Å². The summed E-state index contributed by atoms with van der Waals surface area (Å²) in [6.07, 6.45) is 1.05. The van der Waals surface area contributed by atoms with Crippen molar-refractivity contribution in [2.75, 3.05) is 0 Å². The lowest BCUT2D eigenvalue weighted by Gasteiger charge is -2.21. The smallest absolute Gasteiger partial charge is 0.0214 e. The van der Waals surface area contributed by atoms with Gasteiger partial charge in [0.1, 0.15) is 0 Å². The third-order valence-electron chi connectivity index (χ3n) is 3.13. The van der Waals surface area contributed by atoms with E-state index in [1.165, 1.54) is 16.7 Å². The van der Waals surface area contributed by atoms with Crippen LogP contribution in [0.25, 0.3) is 0 Å². The Labute approximate surface area is 106 Å². The molecule has 1 atom stereocenters. The fourth-order valence-electron chi connectivity index (χ4n) is 1.99. The summed E-state index contributed by atoms with van der Waals surface area (Å²) >= 11 is 0. The second kappa shape index (κ2) is 5.41. The van der Waals surface area contributed by atoms with Gasteiger partial charge in [-0.25, -0.2) is 0 Å². The van der Waals surface area contributed by atoms with Crippen molar-refractivity contribution < 1.29 is 0 Å². The Bertz CT molecular complexity index is 435. The molecule has 0 spiro atoms. The van der Waals surface area contributed by atoms with Crippen LogP contribution in [-0.2, 0) is 11.8 Å². The van der Waals surface area contributed by atoms with Crippen LogP contribution in [0, 0.1) is 24.7 Å². The van der Waals surface area contributed by atoms with Crippen LogP contribution in [0.2, 0.25) is 0 Å². The van der Waals surface area contributed by atoms with Gasteiger partial charge in [-0.05, 0) is 42.4 Å². The zero-order valence-electron chi connectivity index (χ0n) is 12.0. The normalized spacial score (nSPS) is 12.8. The predicted octanol–water partition coefficient (Wildman–Crippen LogP) is 4.49. The summed E-state index contributed by atoms with van der Waals surface area (Å²) < 4.78 is 0. The maximum atomic E-state index is 3.23. The van der Waals surface area contributed by atoms with E-state index >= 15 is 0 Å². The summed E-state index contributed by atoms with van der Waals surface area (Å²) in [6.45, 7) is 13.1. The van der Waals surface area contributed by atoms with Gasteiger partial charge in [0.05, 0.1) is 0 Å². The molecule has 0 aliphatic rings. The van der Waals surface area contributed by atoms with Gasteiger partial charge >= 0.3 is 0 Å². The Kier molecular flexibility index (Phi) is 4.40. The number of benzene rings is 1. The monoisotopic (exact) mass is 228 g/mol. The summed E-state index contributed by atoms with van der Waals surface area (Å²) in [7, 11) is 0. The van der Waals surface area contributed by atoms with Gasteiger partial charge in [-0.3, -0.25) is 0 Å². The highest BCUT2D eigenvalue weighted by Gasteiger charge is 2.15. The standard InChI is InChI=1S/C17H24/c1-7-8-13(2)11-15-12-16(17(4,5)6)10-9-14(15)3/h9-10,12-13H,11H2,1-6H3. The first kappa shape index (κ1) is 13.8. The third-order valence-corrected chi connectivity index (χ3v) is 3.13. The van der Waals surface area contributed by atoms with Gasteiger partial charge in [-0.2, -0.15) is 0 Å². The Morgan fingerprint density at radius 3 is 2.41 bits per heavy atom. The van der Waals surface area contributed by atoms with Gasteiger partial charge in [0.25, 0.3) is 0 Å². The maximum Gasteiger partial charge on any atom is 0.0214 e. The first-order valence-corrected chi connectivity index (χ1v) is 6.37. The van der Waals surface area contributed by atoms with Gasteiger partial charge in [-0.15, -0.1) is 11.8 Å². The number of hydrogen-bond donors (Lipinski definition) is 0. The molecule has 0 aromatic heterocycles. The van der Waals surface area contributed by atoms with Gasteiger partial charge in [0.2, 0.25) is 0 Å². The minimum atomic E-state index is 0.224. The van der Waals surface area contributed by atoms with E-state index < -0.39 is 0 Å². The molecule has 0 aliphatic heterocycles. The van der Waals surface area contributed by atoms with Crippen molar-refractivity contribution >= 4 is 0 Å². The molecule has 0 bridgehead atoms. The lowest BCUT2D eigenvalue weighted by atomic mass is 9.84. The van der Waals surface area contributed by atoms with E-state index in [0.717, 1.165) is 6.42 Å². The van der Waals surface area contributed by atoms with Crippen molar-refractivity contribution in [1.29, 1.82) is 0 Å². The summed E-state index contributed by atoms with van der Waals surface area (Å²) in [5.74, 6) is 6.67. The van der Waals surface area contributed by atoms with Crippen molar-refractivity contribution in [3.8, 4) is 11.8 Å². The van der Waals surface area contributed by atoms with Crippen molar-refractivity contribution in [2.45, 2.75) is 53.4 Å².